The Morgan fingerprint density at radius 2 is 1.90 bits per heavy atom. The van der Waals surface area contributed by atoms with E-state index in [0.717, 1.165) is 41.4 Å². The zero-order valence-electron chi connectivity index (χ0n) is 17.5. The summed E-state index contributed by atoms with van der Waals surface area (Å²) in [6, 6.07) is 19.7. The summed E-state index contributed by atoms with van der Waals surface area (Å²) in [6.07, 6.45) is 2.67. The second-order valence-corrected chi connectivity index (χ2v) is 8.18. The van der Waals surface area contributed by atoms with Crippen molar-refractivity contribution in [2.75, 3.05) is 13.1 Å². The Morgan fingerprint density at radius 1 is 1.06 bits per heavy atom. The molecule has 0 bridgehead atoms. The van der Waals surface area contributed by atoms with Gasteiger partial charge in [0.1, 0.15) is 5.69 Å². The molecule has 1 aliphatic heterocycles. The first-order chi connectivity index (χ1) is 15.2. The zero-order chi connectivity index (χ0) is 21.2. The van der Waals surface area contributed by atoms with Crippen molar-refractivity contribution in [1.29, 1.82) is 0 Å². The molecule has 4 aromatic rings. The molecule has 1 atom stereocenters. The van der Waals surface area contributed by atoms with Gasteiger partial charge in [0.25, 0.3) is 5.91 Å². The Bertz CT molecular complexity index is 1230. The molecule has 5 rings (SSSR count). The monoisotopic (exact) mass is 412 g/mol. The Kier molecular flexibility index (Phi) is 5.20. The van der Waals surface area contributed by atoms with Crippen LogP contribution in [0.15, 0.2) is 65.2 Å². The Morgan fingerprint density at radius 3 is 2.81 bits per heavy atom. The van der Waals surface area contributed by atoms with E-state index in [2.05, 4.69) is 15.1 Å². The quantitative estimate of drug-likeness (QED) is 0.486. The molecule has 0 N–H and O–H groups in total. The minimum atomic E-state index is -0.0124. The molecule has 1 fully saturated rings. The molecular weight excluding hydrogens is 388 g/mol. The highest BCUT2D eigenvalue weighted by Gasteiger charge is 2.27. The van der Waals surface area contributed by atoms with Gasteiger partial charge in [-0.1, -0.05) is 53.7 Å². The Balaban J connectivity index is 1.28. The van der Waals surface area contributed by atoms with Crippen molar-refractivity contribution in [1.82, 2.24) is 20.0 Å². The molecule has 6 nitrogen and oxygen atoms in total. The molecular formula is C25H24N4O2. The minimum Gasteiger partial charge on any atom is -0.339 e. The number of nitrogens with zero attached hydrogens (tertiary/aromatic N) is 4. The standard InChI is InChI=1S/C25H24N4O2/c1-17-7-2-4-10-20(17)24-27-23(31-28-24)15-18-8-6-14-29(16-18)25(30)22-13-12-19-9-3-5-11-21(19)26-22/h2-5,7,9-13,18H,6,8,14-16H2,1H3/t18-/m1/s1. The number of pyridine rings is 1. The third-order valence-electron chi connectivity index (χ3n) is 5.94. The van der Waals surface area contributed by atoms with E-state index in [9.17, 15) is 4.79 Å². The average molecular weight is 412 g/mol. The highest BCUT2D eigenvalue weighted by molar-refractivity contribution is 5.95. The van der Waals surface area contributed by atoms with Crippen molar-refractivity contribution in [3.8, 4) is 11.4 Å². The Hall–Kier alpha value is -3.54. The van der Waals surface area contributed by atoms with Crippen LogP contribution in [0.4, 0.5) is 0 Å². The fourth-order valence-electron chi connectivity index (χ4n) is 4.28. The molecule has 1 saturated heterocycles. The Labute approximate surface area is 180 Å². The lowest BCUT2D eigenvalue weighted by Crippen LogP contribution is -2.40. The SMILES string of the molecule is Cc1ccccc1-c1noc(C[C@H]2CCCN(C(=O)c3ccc4ccccc4n3)C2)n1. The van der Waals surface area contributed by atoms with Crippen molar-refractivity contribution in [2.24, 2.45) is 5.92 Å². The maximum atomic E-state index is 13.1. The molecule has 0 unspecified atom stereocenters. The van der Waals surface area contributed by atoms with Crippen molar-refractivity contribution < 1.29 is 9.32 Å². The zero-order valence-corrected chi connectivity index (χ0v) is 17.5. The van der Waals surface area contributed by atoms with Crippen LogP contribution in [0.25, 0.3) is 22.3 Å². The number of hydrogen-bond acceptors (Lipinski definition) is 5. The topological polar surface area (TPSA) is 72.1 Å². The summed E-state index contributed by atoms with van der Waals surface area (Å²) in [7, 11) is 0. The van der Waals surface area contributed by atoms with Gasteiger partial charge in [-0.25, -0.2) is 4.98 Å². The number of aryl methyl sites for hydroxylation is 1. The highest BCUT2D eigenvalue weighted by atomic mass is 16.5. The summed E-state index contributed by atoms with van der Waals surface area (Å²) < 4.78 is 5.53. The van der Waals surface area contributed by atoms with Crippen molar-refractivity contribution >= 4 is 16.8 Å². The summed E-state index contributed by atoms with van der Waals surface area (Å²) in [5.41, 5.74) is 3.45. The van der Waals surface area contributed by atoms with Gasteiger partial charge < -0.3 is 9.42 Å². The van der Waals surface area contributed by atoms with E-state index in [1.54, 1.807) is 0 Å². The molecule has 31 heavy (non-hydrogen) atoms. The van der Waals surface area contributed by atoms with Crippen LogP contribution in [-0.2, 0) is 6.42 Å². The van der Waals surface area contributed by atoms with Crippen molar-refractivity contribution in [2.45, 2.75) is 26.2 Å². The smallest absolute Gasteiger partial charge is 0.272 e. The van der Waals surface area contributed by atoms with Crippen LogP contribution in [0.2, 0.25) is 0 Å². The van der Waals surface area contributed by atoms with Crippen LogP contribution in [0.1, 0.15) is 34.8 Å². The molecule has 0 spiro atoms. The average Bonchev–Trinajstić information content (AvgIpc) is 3.27. The van der Waals surface area contributed by atoms with E-state index in [-0.39, 0.29) is 5.91 Å². The molecule has 6 heteroatoms. The maximum Gasteiger partial charge on any atom is 0.272 e. The molecule has 0 radical (unpaired) electrons. The third kappa shape index (κ3) is 4.06. The molecule has 156 valence electrons. The summed E-state index contributed by atoms with van der Waals surface area (Å²) in [5.74, 6) is 1.53. The number of likely N-dealkylation sites (tertiary alicyclic amines) is 1. The number of hydrogen-bond donors (Lipinski definition) is 0. The van der Waals surface area contributed by atoms with Gasteiger partial charge in [0.2, 0.25) is 11.7 Å². The van der Waals surface area contributed by atoms with Gasteiger partial charge in [0.15, 0.2) is 0 Å². The van der Waals surface area contributed by atoms with E-state index in [1.807, 2.05) is 72.5 Å². The number of piperidine rings is 1. The number of aromatic nitrogens is 3. The lowest BCUT2D eigenvalue weighted by Gasteiger charge is -2.32. The van der Waals surface area contributed by atoms with Crippen LogP contribution in [0.3, 0.4) is 0 Å². The third-order valence-corrected chi connectivity index (χ3v) is 5.94. The molecule has 3 heterocycles. The van der Waals surface area contributed by atoms with Gasteiger partial charge in [0.05, 0.1) is 5.52 Å². The number of benzene rings is 2. The number of para-hydroxylation sites is 1. The van der Waals surface area contributed by atoms with Crippen molar-refractivity contribution in [3.63, 3.8) is 0 Å². The van der Waals surface area contributed by atoms with Gasteiger partial charge >= 0.3 is 0 Å². The molecule has 2 aromatic heterocycles. The normalized spacial score (nSPS) is 16.5. The lowest BCUT2D eigenvalue weighted by atomic mass is 9.94. The van der Waals surface area contributed by atoms with E-state index in [1.165, 1.54) is 0 Å². The molecule has 0 aliphatic carbocycles. The number of carbonyl (C=O) groups excluding carboxylic acids is 1. The first-order valence-electron chi connectivity index (χ1n) is 10.7. The number of rotatable bonds is 4. The largest absolute Gasteiger partial charge is 0.339 e. The van der Waals surface area contributed by atoms with Crippen LogP contribution in [0, 0.1) is 12.8 Å². The number of amides is 1. The second-order valence-electron chi connectivity index (χ2n) is 8.18. The van der Waals surface area contributed by atoms with Gasteiger partial charge in [0, 0.05) is 30.5 Å². The predicted octanol–water partition coefficient (Wildman–Crippen LogP) is 4.69. The lowest BCUT2D eigenvalue weighted by molar-refractivity contribution is 0.0662. The number of carbonyl (C=O) groups is 1. The molecule has 2 aromatic carbocycles. The fraction of sp³-hybridized carbons (Fsp3) is 0.280. The molecule has 1 aliphatic rings. The van der Waals surface area contributed by atoms with E-state index in [4.69, 9.17) is 4.52 Å². The minimum absolute atomic E-state index is 0.0124. The highest BCUT2D eigenvalue weighted by Crippen LogP contribution is 2.24. The van der Waals surface area contributed by atoms with Crippen LogP contribution in [-0.4, -0.2) is 39.0 Å². The summed E-state index contributed by atoms with van der Waals surface area (Å²) in [5, 5.41) is 5.21. The van der Waals surface area contributed by atoms with Crippen LogP contribution in [0.5, 0.6) is 0 Å². The van der Waals surface area contributed by atoms with Gasteiger partial charge in [-0.15, -0.1) is 0 Å². The van der Waals surface area contributed by atoms with Crippen LogP contribution < -0.4 is 0 Å². The van der Waals surface area contributed by atoms with E-state index >= 15 is 0 Å². The first-order valence-corrected chi connectivity index (χ1v) is 10.7. The van der Waals surface area contributed by atoms with Gasteiger partial charge in [-0.05, 0) is 43.4 Å². The van der Waals surface area contributed by atoms with E-state index < -0.39 is 0 Å². The van der Waals surface area contributed by atoms with Crippen LogP contribution >= 0.6 is 0 Å². The maximum absolute atomic E-state index is 13.1. The summed E-state index contributed by atoms with van der Waals surface area (Å²) in [4.78, 5) is 24.2. The summed E-state index contributed by atoms with van der Waals surface area (Å²) >= 11 is 0. The summed E-state index contributed by atoms with van der Waals surface area (Å²) in [6.45, 7) is 3.47. The van der Waals surface area contributed by atoms with Gasteiger partial charge in [-0.2, -0.15) is 4.98 Å². The molecule has 0 saturated carbocycles. The fourth-order valence-corrected chi connectivity index (χ4v) is 4.28. The predicted molar refractivity (Wildman–Crippen MR) is 119 cm³/mol. The van der Waals surface area contributed by atoms with E-state index in [0.29, 0.717) is 36.3 Å². The van der Waals surface area contributed by atoms with Crippen molar-refractivity contribution in [3.05, 3.63) is 77.8 Å². The second kappa shape index (κ2) is 8.30. The number of fused-ring (bicyclic) bond motifs is 1. The first kappa shape index (κ1) is 19.4. The van der Waals surface area contributed by atoms with Gasteiger partial charge in [-0.3, -0.25) is 4.79 Å². The molecule has 1 amide bonds.